The first-order valence-electron chi connectivity index (χ1n) is 6.42. The summed E-state index contributed by atoms with van der Waals surface area (Å²) in [6, 6.07) is 4.73. The molecule has 0 unspecified atom stereocenters. The molecule has 2 aromatic heterocycles. The van der Waals surface area contributed by atoms with Gasteiger partial charge in [0.1, 0.15) is 5.01 Å². The number of thiazole rings is 1. The van der Waals surface area contributed by atoms with Crippen molar-refractivity contribution in [2.45, 2.75) is 25.8 Å². The van der Waals surface area contributed by atoms with Gasteiger partial charge in [-0.05, 0) is 36.9 Å². The van der Waals surface area contributed by atoms with Gasteiger partial charge in [-0.2, -0.15) is 0 Å². The van der Waals surface area contributed by atoms with E-state index >= 15 is 0 Å². The highest BCUT2D eigenvalue weighted by Gasteiger charge is 2.19. The fourth-order valence-corrected chi connectivity index (χ4v) is 2.98. The topological polar surface area (TPSA) is 37.8 Å². The van der Waals surface area contributed by atoms with Gasteiger partial charge in [0.15, 0.2) is 0 Å². The minimum Gasteiger partial charge on any atom is -0.310 e. The van der Waals surface area contributed by atoms with Crippen LogP contribution in [0.5, 0.6) is 0 Å². The lowest BCUT2D eigenvalue weighted by Crippen LogP contribution is -2.31. The third-order valence-corrected chi connectivity index (χ3v) is 4.30. The molecule has 3 rings (SSSR count). The van der Waals surface area contributed by atoms with E-state index in [9.17, 15) is 0 Å². The summed E-state index contributed by atoms with van der Waals surface area (Å²) in [7, 11) is 0. The van der Waals surface area contributed by atoms with Gasteiger partial charge in [-0.1, -0.05) is 13.0 Å². The lowest BCUT2D eigenvalue weighted by molar-refractivity contribution is 0.332. The summed E-state index contributed by atoms with van der Waals surface area (Å²) in [6.07, 6.45) is 6.31. The number of piperidine rings is 1. The quantitative estimate of drug-likeness (QED) is 0.899. The Morgan fingerprint density at radius 2 is 2.22 bits per heavy atom. The lowest BCUT2D eigenvalue weighted by atomic mass is 9.93. The Morgan fingerprint density at radius 1 is 1.28 bits per heavy atom. The van der Waals surface area contributed by atoms with Gasteiger partial charge in [-0.3, -0.25) is 4.98 Å². The maximum Gasteiger partial charge on any atom is 0.141 e. The van der Waals surface area contributed by atoms with Crippen molar-refractivity contribution in [3.63, 3.8) is 0 Å². The minimum absolute atomic E-state index is 0.471. The van der Waals surface area contributed by atoms with Gasteiger partial charge in [0, 0.05) is 23.8 Å². The van der Waals surface area contributed by atoms with Gasteiger partial charge in [0.05, 0.1) is 5.69 Å². The summed E-state index contributed by atoms with van der Waals surface area (Å²) in [4.78, 5) is 8.80. The molecule has 1 N–H and O–H groups in total. The number of hydrogen-bond donors (Lipinski definition) is 1. The zero-order valence-electron chi connectivity index (χ0n) is 10.5. The van der Waals surface area contributed by atoms with E-state index in [0.29, 0.717) is 6.04 Å². The zero-order valence-corrected chi connectivity index (χ0v) is 11.3. The molecule has 3 nitrogen and oxygen atoms in total. The van der Waals surface area contributed by atoms with Gasteiger partial charge in [0.2, 0.25) is 0 Å². The Labute approximate surface area is 111 Å². The fourth-order valence-electron chi connectivity index (χ4n) is 2.37. The van der Waals surface area contributed by atoms with E-state index in [0.717, 1.165) is 23.2 Å². The number of hydrogen-bond acceptors (Lipinski definition) is 4. The van der Waals surface area contributed by atoms with E-state index in [1.54, 1.807) is 11.3 Å². The summed E-state index contributed by atoms with van der Waals surface area (Å²) in [5.74, 6) is 0.795. The largest absolute Gasteiger partial charge is 0.310 e. The predicted octanol–water partition coefficient (Wildman–Crippen LogP) is 3.27. The molecule has 2 atom stereocenters. The summed E-state index contributed by atoms with van der Waals surface area (Å²) in [6.45, 7) is 3.41. The van der Waals surface area contributed by atoms with Crippen molar-refractivity contribution in [3.05, 3.63) is 35.5 Å². The van der Waals surface area contributed by atoms with E-state index < -0.39 is 0 Å². The first-order valence-corrected chi connectivity index (χ1v) is 7.30. The van der Waals surface area contributed by atoms with Crippen LogP contribution in [0.3, 0.4) is 0 Å². The highest BCUT2D eigenvalue weighted by molar-refractivity contribution is 7.13. The minimum atomic E-state index is 0.471. The third-order valence-electron chi connectivity index (χ3n) is 3.50. The first kappa shape index (κ1) is 11.8. The molecule has 1 fully saturated rings. The maximum absolute atomic E-state index is 4.52. The van der Waals surface area contributed by atoms with Crippen LogP contribution in [0.25, 0.3) is 10.7 Å². The van der Waals surface area contributed by atoms with Gasteiger partial charge in [-0.15, -0.1) is 11.3 Å². The normalized spacial score (nSPS) is 24.1. The summed E-state index contributed by atoms with van der Waals surface area (Å²) >= 11 is 1.63. The van der Waals surface area contributed by atoms with Crippen LogP contribution in [0, 0.1) is 5.92 Å². The van der Waals surface area contributed by atoms with Crippen molar-refractivity contribution in [2.75, 3.05) is 6.54 Å². The van der Waals surface area contributed by atoms with Gasteiger partial charge >= 0.3 is 0 Å². The zero-order chi connectivity index (χ0) is 12.4. The molecule has 1 saturated heterocycles. The number of aromatic nitrogens is 2. The second kappa shape index (κ2) is 5.16. The Kier molecular flexibility index (Phi) is 3.39. The monoisotopic (exact) mass is 259 g/mol. The molecule has 4 heteroatoms. The van der Waals surface area contributed by atoms with E-state index in [-0.39, 0.29) is 0 Å². The SMILES string of the molecule is C[C@H]1CC[C@H](c2ccc(-c3nccs3)nc2)NC1. The second-order valence-electron chi connectivity index (χ2n) is 4.96. The summed E-state index contributed by atoms with van der Waals surface area (Å²) in [5, 5.41) is 6.56. The van der Waals surface area contributed by atoms with Gasteiger partial charge in [-0.25, -0.2) is 4.98 Å². The Hall–Kier alpha value is -1.26. The molecule has 0 radical (unpaired) electrons. The van der Waals surface area contributed by atoms with Crippen molar-refractivity contribution in [1.29, 1.82) is 0 Å². The van der Waals surface area contributed by atoms with Crippen molar-refractivity contribution < 1.29 is 0 Å². The van der Waals surface area contributed by atoms with Crippen LogP contribution >= 0.6 is 11.3 Å². The van der Waals surface area contributed by atoms with Crippen LogP contribution < -0.4 is 5.32 Å². The molecule has 0 bridgehead atoms. The van der Waals surface area contributed by atoms with Crippen LogP contribution in [0.2, 0.25) is 0 Å². The summed E-state index contributed by atoms with van der Waals surface area (Å²) < 4.78 is 0. The van der Waals surface area contributed by atoms with E-state index in [1.807, 2.05) is 17.8 Å². The fraction of sp³-hybridized carbons (Fsp3) is 0.429. The molecule has 18 heavy (non-hydrogen) atoms. The van der Waals surface area contributed by atoms with Gasteiger partial charge < -0.3 is 5.32 Å². The Morgan fingerprint density at radius 3 is 2.83 bits per heavy atom. The Balaban J connectivity index is 1.75. The van der Waals surface area contributed by atoms with Crippen molar-refractivity contribution >= 4 is 11.3 Å². The summed E-state index contributed by atoms with van der Waals surface area (Å²) in [5.41, 5.74) is 2.26. The van der Waals surface area contributed by atoms with Gasteiger partial charge in [0.25, 0.3) is 0 Å². The molecule has 0 spiro atoms. The van der Waals surface area contributed by atoms with Crippen LogP contribution in [0.4, 0.5) is 0 Å². The number of pyridine rings is 1. The lowest BCUT2D eigenvalue weighted by Gasteiger charge is -2.27. The molecule has 0 aliphatic carbocycles. The molecule has 2 aromatic rings. The molecule has 0 amide bonds. The van der Waals surface area contributed by atoms with Crippen molar-refractivity contribution in [3.8, 4) is 10.7 Å². The van der Waals surface area contributed by atoms with Crippen LogP contribution in [0.1, 0.15) is 31.4 Å². The second-order valence-corrected chi connectivity index (χ2v) is 5.85. The molecule has 0 aromatic carbocycles. The van der Waals surface area contributed by atoms with Crippen LogP contribution in [-0.2, 0) is 0 Å². The molecule has 0 saturated carbocycles. The molecule has 1 aliphatic heterocycles. The number of nitrogens with one attached hydrogen (secondary N) is 1. The number of rotatable bonds is 2. The standard InChI is InChI=1S/C14H17N3S/c1-10-2-4-12(16-8-10)11-3-5-13(17-9-11)14-15-6-7-18-14/h3,5-7,9-10,12,16H,2,4,8H2,1H3/t10-,12+/m0/s1. The van der Waals surface area contributed by atoms with E-state index in [2.05, 4.69) is 34.3 Å². The smallest absolute Gasteiger partial charge is 0.141 e. The Bertz CT molecular complexity index is 484. The van der Waals surface area contributed by atoms with E-state index in [1.165, 1.54) is 18.4 Å². The van der Waals surface area contributed by atoms with Crippen molar-refractivity contribution in [2.24, 2.45) is 5.92 Å². The average Bonchev–Trinajstić information content (AvgIpc) is 2.94. The van der Waals surface area contributed by atoms with E-state index in [4.69, 9.17) is 0 Å². The van der Waals surface area contributed by atoms with Crippen molar-refractivity contribution in [1.82, 2.24) is 15.3 Å². The van der Waals surface area contributed by atoms with Crippen LogP contribution in [-0.4, -0.2) is 16.5 Å². The molecular weight excluding hydrogens is 242 g/mol. The van der Waals surface area contributed by atoms with Crippen LogP contribution in [0.15, 0.2) is 29.9 Å². The molecule has 94 valence electrons. The molecular formula is C14H17N3S. The predicted molar refractivity (Wildman–Crippen MR) is 74.5 cm³/mol. The highest BCUT2D eigenvalue weighted by atomic mass is 32.1. The molecule has 3 heterocycles. The third kappa shape index (κ3) is 2.44. The number of nitrogens with zero attached hydrogens (tertiary/aromatic N) is 2. The average molecular weight is 259 g/mol. The highest BCUT2D eigenvalue weighted by Crippen LogP contribution is 2.26. The maximum atomic E-state index is 4.52. The molecule has 1 aliphatic rings. The first-order chi connectivity index (χ1) is 8.83.